The molecule has 0 amide bonds. The van der Waals surface area contributed by atoms with E-state index in [2.05, 4.69) is 0 Å². The molecule has 0 heterocycles. The van der Waals surface area contributed by atoms with Crippen molar-refractivity contribution in [2.75, 3.05) is 6.54 Å². The summed E-state index contributed by atoms with van der Waals surface area (Å²) < 4.78 is 13.2. The van der Waals surface area contributed by atoms with Crippen LogP contribution in [-0.2, 0) is 0 Å². The van der Waals surface area contributed by atoms with E-state index in [1.807, 2.05) is 6.92 Å². The van der Waals surface area contributed by atoms with Gasteiger partial charge in [-0.15, -0.1) is 0 Å². The molecule has 0 fully saturated rings. The van der Waals surface area contributed by atoms with E-state index < -0.39 is 0 Å². The molecule has 1 aromatic carbocycles. The van der Waals surface area contributed by atoms with Crippen molar-refractivity contribution in [1.82, 2.24) is 0 Å². The molecule has 1 atom stereocenters. The van der Waals surface area contributed by atoms with Crippen molar-refractivity contribution in [3.8, 4) is 5.75 Å². The summed E-state index contributed by atoms with van der Waals surface area (Å²) in [5.74, 6) is -0.129. The van der Waals surface area contributed by atoms with Gasteiger partial charge in [-0.1, -0.05) is 6.92 Å². The van der Waals surface area contributed by atoms with Gasteiger partial charge in [-0.25, -0.2) is 4.39 Å². The summed E-state index contributed by atoms with van der Waals surface area (Å²) in [6, 6.07) is 4.07. The smallest absolute Gasteiger partial charge is 0.126 e. The van der Waals surface area contributed by atoms with Gasteiger partial charge in [0.1, 0.15) is 11.6 Å². The van der Waals surface area contributed by atoms with Crippen LogP contribution >= 0.6 is 0 Å². The second-order valence-electron chi connectivity index (χ2n) is 3.18. The first-order valence-electron chi connectivity index (χ1n) is 4.33. The number of phenols is 1. The topological polar surface area (TPSA) is 46.2 Å². The number of nitrogens with two attached hydrogens (primary N) is 1. The molecule has 1 unspecified atom stereocenters. The fourth-order valence-electron chi connectivity index (χ4n) is 1.31. The number of rotatable bonds is 3. The molecule has 0 bridgehead atoms. The van der Waals surface area contributed by atoms with Gasteiger partial charge in [0, 0.05) is 0 Å². The van der Waals surface area contributed by atoms with Gasteiger partial charge in [-0.3, -0.25) is 0 Å². The summed E-state index contributed by atoms with van der Waals surface area (Å²) in [5, 5.41) is 9.16. The van der Waals surface area contributed by atoms with Crippen LogP contribution in [0.4, 0.5) is 4.39 Å². The first-order chi connectivity index (χ1) is 6.15. The number of benzene rings is 1. The average Bonchev–Trinajstić information content (AvgIpc) is 2.09. The highest BCUT2D eigenvalue weighted by Crippen LogP contribution is 2.24. The molecule has 13 heavy (non-hydrogen) atoms. The fraction of sp³-hybridized carbons (Fsp3) is 0.400. The Labute approximate surface area is 77.2 Å². The summed E-state index contributed by atoms with van der Waals surface area (Å²) in [4.78, 5) is 0. The maximum atomic E-state index is 13.2. The van der Waals surface area contributed by atoms with Crippen molar-refractivity contribution in [3.63, 3.8) is 0 Å². The standard InChI is InChI=1S/C10H14FNO/c1-7(4-5-12)9-6-8(13)2-3-10(9)11/h2-3,6-7,13H,4-5,12H2,1H3. The number of aromatic hydroxyl groups is 1. The number of phenolic OH excluding ortho intramolecular Hbond substituents is 1. The zero-order valence-electron chi connectivity index (χ0n) is 7.63. The molecule has 0 aliphatic heterocycles. The van der Waals surface area contributed by atoms with E-state index in [1.165, 1.54) is 18.2 Å². The Morgan fingerprint density at radius 3 is 2.85 bits per heavy atom. The molecule has 72 valence electrons. The van der Waals surface area contributed by atoms with E-state index in [4.69, 9.17) is 10.8 Å². The quantitative estimate of drug-likeness (QED) is 0.752. The highest BCUT2D eigenvalue weighted by molar-refractivity contribution is 5.30. The van der Waals surface area contributed by atoms with Crippen molar-refractivity contribution in [1.29, 1.82) is 0 Å². The third kappa shape index (κ3) is 2.42. The molecule has 1 aromatic rings. The average molecular weight is 183 g/mol. The molecule has 0 aliphatic carbocycles. The highest BCUT2D eigenvalue weighted by Gasteiger charge is 2.10. The third-order valence-electron chi connectivity index (χ3n) is 2.11. The van der Waals surface area contributed by atoms with Crippen LogP contribution in [0.15, 0.2) is 18.2 Å². The molecule has 2 nitrogen and oxygen atoms in total. The SMILES string of the molecule is CC(CCN)c1cc(O)ccc1F. The van der Waals surface area contributed by atoms with Crippen molar-refractivity contribution in [3.05, 3.63) is 29.6 Å². The minimum atomic E-state index is -0.279. The van der Waals surface area contributed by atoms with E-state index in [1.54, 1.807) is 0 Å². The van der Waals surface area contributed by atoms with Crippen molar-refractivity contribution < 1.29 is 9.50 Å². The minimum absolute atomic E-state index is 0.0529. The van der Waals surface area contributed by atoms with Crippen molar-refractivity contribution >= 4 is 0 Å². The van der Waals surface area contributed by atoms with Crippen LogP contribution in [0.3, 0.4) is 0 Å². The number of hydrogen-bond acceptors (Lipinski definition) is 2. The van der Waals surface area contributed by atoms with Crippen LogP contribution in [0.1, 0.15) is 24.8 Å². The van der Waals surface area contributed by atoms with Gasteiger partial charge in [0.2, 0.25) is 0 Å². The lowest BCUT2D eigenvalue weighted by Gasteiger charge is -2.11. The summed E-state index contributed by atoms with van der Waals surface area (Å²) in [5.41, 5.74) is 5.90. The van der Waals surface area contributed by atoms with Gasteiger partial charge < -0.3 is 10.8 Å². The van der Waals surface area contributed by atoms with Gasteiger partial charge in [0.25, 0.3) is 0 Å². The summed E-state index contributed by atoms with van der Waals surface area (Å²) in [6.07, 6.45) is 0.723. The predicted octanol–water partition coefficient (Wildman–Crippen LogP) is 1.98. The molecule has 0 aromatic heterocycles. The van der Waals surface area contributed by atoms with Crippen molar-refractivity contribution in [2.45, 2.75) is 19.3 Å². The summed E-state index contributed by atoms with van der Waals surface area (Å²) in [6.45, 7) is 2.42. The van der Waals surface area contributed by atoms with Gasteiger partial charge in [-0.2, -0.15) is 0 Å². The molecule has 3 heteroatoms. The number of halogens is 1. The maximum Gasteiger partial charge on any atom is 0.126 e. The summed E-state index contributed by atoms with van der Waals surface area (Å²) >= 11 is 0. The second-order valence-corrected chi connectivity index (χ2v) is 3.18. The lowest BCUT2D eigenvalue weighted by atomic mass is 9.97. The van der Waals surface area contributed by atoms with E-state index in [0.717, 1.165) is 6.42 Å². The zero-order chi connectivity index (χ0) is 9.84. The highest BCUT2D eigenvalue weighted by atomic mass is 19.1. The van der Waals surface area contributed by atoms with Gasteiger partial charge in [0.05, 0.1) is 0 Å². The first-order valence-corrected chi connectivity index (χ1v) is 4.33. The largest absolute Gasteiger partial charge is 0.508 e. The van der Waals surface area contributed by atoms with Crippen molar-refractivity contribution in [2.24, 2.45) is 5.73 Å². The lowest BCUT2D eigenvalue weighted by molar-refractivity contribution is 0.469. The third-order valence-corrected chi connectivity index (χ3v) is 2.11. The molecule has 3 N–H and O–H groups in total. The molecule has 1 rings (SSSR count). The fourth-order valence-corrected chi connectivity index (χ4v) is 1.31. The van der Waals surface area contributed by atoms with Crippen LogP contribution in [0.25, 0.3) is 0 Å². The molecule has 0 radical (unpaired) electrons. The normalized spacial score (nSPS) is 12.8. The first kappa shape index (κ1) is 9.99. The van der Waals surface area contributed by atoms with Crippen LogP contribution in [-0.4, -0.2) is 11.7 Å². The molecule has 0 saturated heterocycles. The monoisotopic (exact) mass is 183 g/mol. The number of hydrogen-bond donors (Lipinski definition) is 2. The maximum absolute atomic E-state index is 13.2. The lowest BCUT2D eigenvalue weighted by Crippen LogP contribution is -2.05. The Balaban J connectivity index is 2.91. The van der Waals surface area contributed by atoms with E-state index >= 15 is 0 Å². The minimum Gasteiger partial charge on any atom is -0.508 e. The Kier molecular flexibility index (Phi) is 3.25. The van der Waals surface area contributed by atoms with Gasteiger partial charge in [-0.05, 0) is 42.6 Å². The predicted molar refractivity (Wildman–Crippen MR) is 50.2 cm³/mol. The second kappa shape index (κ2) is 4.23. The zero-order valence-corrected chi connectivity index (χ0v) is 7.63. The molecular formula is C10H14FNO. The summed E-state index contributed by atoms with van der Waals surface area (Å²) in [7, 11) is 0. The van der Waals surface area contributed by atoms with Gasteiger partial charge >= 0.3 is 0 Å². The molecule has 0 aliphatic rings. The van der Waals surface area contributed by atoms with Gasteiger partial charge in [0.15, 0.2) is 0 Å². The van der Waals surface area contributed by atoms with Crippen LogP contribution in [0, 0.1) is 5.82 Å². The van der Waals surface area contributed by atoms with Crippen LogP contribution < -0.4 is 5.73 Å². The Bertz CT molecular complexity index is 288. The molecule has 0 spiro atoms. The van der Waals surface area contributed by atoms with Crippen LogP contribution in [0.5, 0.6) is 5.75 Å². The Morgan fingerprint density at radius 1 is 1.54 bits per heavy atom. The van der Waals surface area contributed by atoms with E-state index in [0.29, 0.717) is 12.1 Å². The van der Waals surface area contributed by atoms with E-state index in [9.17, 15) is 4.39 Å². The molecular weight excluding hydrogens is 169 g/mol. The Morgan fingerprint density at radius 2 is 2.23 bits per heavy atom. The Hall–Kier alpha value is -1.09. The van der Waals surface area contributed by atoms with E-state index in [-0.39, 0.29) is 17.5 Å². The van der Waals surface area contributed by atoms with Crippen LogP contribution in [0.2, 0.25) is 0 Å². The molecule has 0 saturated carbocycles.